The molecule has 0 amide bonds. The van der Waals surface area contributed by atoms with Gasteiger partial charge >= 0.3 is 0 Å². The lowest BCUT2D eigenvalue weighted by Gasteiger charge is -2.03. The van der Waals surface area contributed by atoms with E-state index in [4.69, 9.17) is 0 Å². The van der Waals surface area contributed by atoms with Crippen molar-refractivity contribution in [1.82, 2.24) is 9.55 Å². The van der Waals surface area contributed by atoms with Crippen molar-refractivity contribution >= 4 is 33.5 Å². The fourth-order valence-corrected chi connectivity index (χ4v) is 3.35. The Labute approximate surface area is 146 Å². The van der Waals surface area contributed by atoms with Crippen molar-refractivity contribution in [3.05, 3.63) is 78.1 Å². The van der Waals surface area contributed by atoms with Gasteiger partial charge in [0.25, 0.3) is 0 Å². The van der Waals surface area contributed by atoms with Crippen LogP contribution in [0.2, 0.25) is 0 Å². The summed E-state index contributed by atoms with van der Waals surface area (Å²) in [5.74, 6) is 0. The van der Waals surface area contributed by atoms with Crippen LogP contribution in [0.3, 0.4) is 0 Å². The third-order valence-electron chi connectivity index (χ3n) is 4.48. The molecule has 0 saturated carbocycles. The van der Waals surface area contributed by atoms with Crippen LogP contribution in [-0.4, -0.2) is 9.55 Å². The molecule has 0 aliphatic heterocycles. The summed E-state index contributed by atoms with van der Waals surface area (Å²) in [6.07, 6.45) is 3.61. The van der Waals surface area contributed by atoms with E-state index in [2.05, 4.69) is 65.0 Å². The number of nitrogens with zero attached hydrogens (tertiary/aromatic N) is 3. The molecule has 0 N–H and O–H groups in total. The average Bonchev–Trinajstić information content (AvgIpc) is 3.00. The van der Waals surface area contributed by atoms with Crippen LogP contribution in [0.25, 0.3) is 33.5 Å². The minimum absolute atomic E-state index is 0.569. The number of nitriles is 1. The largest absolute Gasteiger partial charge is 0.341 e. The average molecular weight is 323 g/mol. The molecule has 0 atom stereocenters. The second kappa shape index (κ2) is 6.26. The molecule has 4 aromatic rings. The van der Waals surface area contributed by atoms with Crippen LogP contribution in [0.1, 0.15) is 18.2 Å². The Kier molecular flexibility index (Phi) is 3.80. The lowest BCUT2D eigenvalue weighted by Crippen LogP contribution is -1.92. The molecule has 2 aromatic heterocycles. The Balaban J connectivity index is 1.91. The molecule has 3 heteroatoms. The highest BCUT2D eigenvalue weighted by atomic mass is 15.0. The van der Waals surface area contributed by atoms with E-state index in [9.17, 15) is 5.26 Å². The van der Waals surface area contributed by atoms with Gasteiger partial charge in [0.2, 0.25) is 0 Å². The molecule has 120 valence electrons. The van der Waals surface area contributed by atoms with Crippen LogP contribution in [0.15, 0.2) is 66.9 Å². The number of hydrogen-bond donors (Lipinski definition) is 0. The number of rotatable bonds is 3. The highest BCUT2D eigenvalue weighted by Crippen LogP contribution is 2.30. The Morgan fingerprint density at radius 2 is 1.84 bits per heavy atom. The summed E-state index contributed by atoms with van der Waals surface area (Å²) in [5, 5.41) is 12.0. The van der Waals surface area contributed by atoms with Gasteiger partial charge in [0.15, 0.2) is 0 Å². The summed E-state index contributed by atoms with van der Waals surface area (Å²) in [7, 11) is 0. The predicted octanol–water partition coefficient (Wildman–Crippen LogP) is 5.27. The monoisotopic (exact) mass is 323 g/mol. The molecule has 0 saturated heterocycles. The summed E-state index contributed by atoms with van der Waals surface area (Å²) >= 11 is 0. The molecule has 25 heavy (non-hydrogen) atoms. The van der Waals surface area contributed by atoms with Crippen molar-refractivity contribution in [1.29, 1.82) is 5.26 Å². The molecule has 0 aliphatic carbocycles. The van der Waals surface area contributed by atoms with Crippen molar-refractivity contribution in [3.63, 3.8) is 0 Å². The second-order valence-electron chi connectivity index (χ2n) is 5.92. The first-order valence-corrected chi connectivity index (χ1v) is 8.36. The van der Waals surface area contributed by atoms with Gasteiger partial charge in [0.05, 0.1) is 11.3 Å². The predicted molar refractivity (Wildman–Crippen MR) is 103 cm³/mol. The minimum atomic E-state index is 0.569. The zero-order valence-corrected chi connectivity index (χ0v) is 14.0. The van der Waals surface area contributed by atoms with Gasteiger partial charge in [-0.1, -0.05) is 30.3 Å². The van der Waals surface area contributed by atoms with E-state index in [1.807, 2.05) is 24.3 Å². The molecule has 0 aliphatic rings. The van der Waals surface area contributed by atoms with Crippen molar-refractivity contribution in [2.24, 2.45) is 0 Å². The van der Waals surface area contributed by atoms with Gasteiger partial charge in [0, 0.05) is 34.5 Å². The van der Waals surface area contributed by atoms with Gasteiger partial charge < -0.3 is 4.57 Å². The van der Waals surface area contributed by atoms with Gasteiger partial charge in [-0.25, -0.2) is 0 Å². The smallest absolute Gasteiger partial charge is 0.101 e. The van der Waals surface area contributed by atoms with Crippen LogP contribution in [0, 0.1) is 11.3 Å². The first kappa shape index (κ1) is 15.2. The molecule has 4 rings (SSSR count). The molecule has 0 bridgehead atoms. The summed E-state index contributed by atoms with van der Waals surface area (Å²) in [5.41, 5.74) is 4.73. The lowest BCUT2D eigenvalue weighted by molar-refractivity contribution is 0.827. The first-order valence-electron chi connectivity index (χ1n) is 8.36. The van der Waals surface area contributed by atoms with Gasteiger partial charge in [-0.3, -0.25) is 4.98 Å². The highest BCUT2D eigenvalue weighted by Gasteiger charge is 2.10. The Hall–Kier alpha value is -3.38. The molecule has 2 aromatic carbocycles. The van der Waals surface area contributed by atoms with E-state index in [0.29, 0.717) is 11.3 Å². The van der Waals surface area contributed by atoms with Crippen molar-refractivity contribution in [3.8, 4) is 6.07 Å². The number of benzene rings is 2. The van der Waals surface area contributed by atoms with Crippen molar-refractivity contribution < 1.29 is 0 Å². The maximum atomic E-state index is 9.51. The third-order valence-corrected chi connectivity index (χ3v) is 4.48. The number of aryl methyl sites for hydroxylation is 1. The number of aromatic nitrogens is 2. The standard InChI is InChI=1S/C22H17N3/c1-2-25-21-9-4-3-7-18(21)19-14-16(10-11-22(19)25)13-17(15-23)20-8-5-6-12-24-20/h3-14H,2H2,1H3/b17-13+. The van der Waals surface area contributed by atoms with E-state index in [1.165, 1.54) is 21.8 Å². The molecular weight excluding hydrogens is 306 g/mol. The first-order chi connectivity index (χ1) is 12.3. The zero-order valence-electron chi connectivity index (χ0n) is 14.0. The van der Waals surface area contributed by atoms with Gasteiger partial charge in [-0.05, 0) is 48.9 Å². The molecule has 2 heterocycles. The second-order valence-corrected chi connectivity index (χ2v) is 5.92. The van der Waals surface area contributed by atoms with E-state index >= 15 is 0 Å². The maximum absolute atomic E-state index is 9.51. The molecule has 0 fully saturated rings. The Bertz CT molecular complexity index is 1130. The fourth-order valence-electron chi connectivity index (χ4n) is 3.35. The number of para-hydroxylation sites is 1. The van der Waals surface area contributed by atoms with Crippen LogP contribution in [0.4, 0.5) is 0 Å². The van der Waals surface area contributed by atoms with Gasteiger partial charge in [-0.15, -0.1) is 0 Å². The van der Waals surface area contributed by atoms with Gasteiger partial charge in [0.1, 0.15) is 6.07 Å². The number of fused-ring (bicyclic) bond motifs is 3. The summed E-state index contributed by atoms with van der Waals surface area (Å²) in [4.78, 5) is 4.28. The summed E-state index contributed by atoms with van der Waals surface area (Å²) in [6, 6.07) is 22.7. The maximum Gasteiger partial charge on any atom is 0.101 e. The molecule has 3 nitrogen and oxygen atoms in total. The molecular formula is C22H17N3. The van der Waals surface area contributed by atoms with Gasteiger partial charge in [-0.2, -0.15) is 5.26 Å². The normalized spacial score (nSPS) is 11.8. The van der Waals surface area contributed by atoms with Crippen LogP contribution in [-0.2, 0) is 6.54 Å². The Morgan fingerprint density at radius 1 is 1.04 bits per heavy atom. The minimum Gasteiger partial charge on any atom is -0.341 e. The lowest BCUT2D eigenvalue weighted by atomic mass is 10.1. The van der Waals surface area contributed by atoms with Crippen molar-refractivity contribution in [2.75, 3.05) is 0 Å². The van der Waals surface area contributed by atoms with Crippen LogP contribution >= 0.6 is 0 Å². The van der Waals surface area contributed by atoms with Crippen molar-refractivity contribution in [2.45, 2.75) is 13.5 Å². The topological polar surface area (TPSA) is 41.6 Å². The summed E-state index contributed by atoms with van der Waals surface area (Å²) in [6.45, 7) is 3.09. The highest BCUT2D eigenvalue weighted by molar-refractivity contribution is 6.09. The fraction of sp³-hybridized carbons (Fsp3) is 0.0909. The number of pyridine rings is 1. The van der Waals surface area contributed by atoms with E-state index in [1.54, 1.807) is 6.20 Å². The Morgan fingerprint density at radius 3 is 2.60 bits per heavy atom. The summed E-state index contributed by atoms with van der Waals surface area (Å²) < 4.78 is 2.32. The van der Waals surface area contributed by atoms with E-state index < -0.39 is 0 Å². The van der Waals surface area contributed by atoms with E-state index in [0.717, 1.165) is 12.1 Å². The number of allylic oxidation sites excluding steroid dienone is 1. The van der Waals surface area contributed by atoms with Crippen LogP contribution in [0.5, 0.6) is 0 Å². The zero-order chi connectivity index (χ0) is 17.2. The SMILES string of the molecule is CCn1c2ccccc2c2cc(/C=C(\C#N)c3ccccn3)ccc21. The number of hydrogen-bond acceptors (Lipinski definition) is 2. The third kappa shape index (κ3) is 2.58. The molecule has 0 unspecified atom stereocenters. The molecule has 0 spiro atoms. The molecule has 0 radical (unpaired) electrons. The van der Waals surface area contributed by atoms with E-state index in [-0.39, 0.29) is 0 Å². The quantitative estimate of drug-likeness (QED) is 0.482. The van der Waals surface area contributed by atoms with Crippen LogP contribution < -0.4 is 0 Å².